The smallest absolute Gasteiger partial charge is 0.109 e. The molecule has 2 aromatic carbocycles. The first-order valence-corrected chi connectivity index (χ1v) is 5.33. The van der Waals surface area contributed by atoms with Gasteiger partial charge in [0.05, 0.1) is 0 Å². The molecule has 1 aliphatic rings. The summed E-state index contributed by atoms with van der Waals surface area (Å²) in [6, 6.07) is 12.0. The summed E-state index contributed by atoms with van der Waals surface area (Å²) in [5.41, 5.74) is 1.78. The van der Waals surface area contributed by atoms with E-state index in [-0.39, 0.29) is 0 Å². The van der Waals surface area contributed by atoms with Gasteiger partial charge in [-0.3, -0.25) is 0 Å². The normalized spacial score (nSPS) is 23.4. The molecule has 0 heterocycles. The number of hydrogen-bond acceptors (Lipinski definition) is 2. The first-order chi connectivity index (χ1) is 7.75. The Labute approximate surface area is 93.5 Å². The highest BCUT2D eigenvalue weighted by Crippen LogP contribution is 2.31. The number of fused-ring (bicyclic) bond motifs is 2. The van der Waals surface area contributed by atoms with Crippen molar-refractivity contribution in [2.24, 2.45) is 0 Å². The first kappa shape index (κ1) is 9.58. The second-order valence-electron chi connectivity index (χ2n) is 4.12. The number of aliphatic hydroxyl groups is 2. The van der Waals surface area contributed by atoms with Gasteiger partial charge < -0.3 is 10.2 Å². The molecule has 0 saturated heterocycles. The van der Waals surface area contributed by atoms with E-state index < -0.39 is 12.2 Å². The third kappa shape index (κ3) is 1.35. The van der Waals surface area contributed by atoms with Gasteiger partial charge in [0.25, 0.3) is 0 Å². The van der Waals surface area contributed by atoms with Gasteiger partial charge in [-0.2, -0.15) is 0 Å². The van der Waals surface area contributed by atoms with Gasteiger partial charge in [-0.1, -0.05) is 36.4 Å². The minimum atomic E-state index is -0.815. The van der Waals surface area contributed by atoms with Crippen LogP contribution in [0.25, 0.3) is 16.8 Å². The fourth-order valence-corrected chi connectivity index (χ4v) is 2.17. The standard InChI is InChI=1S/C14H12O2/c15-13-6-5-11-7-9-3-1-2-4-10(9)8-12(11)14(13)16/h1-8,13-16H/t13-,14+/m1/s1. The quantitative estimate of drug-likeness (QED) is 0.703. The van der Waals surface area contributed by atoms with Crippen molar-refractivity contribution in [3.63, 3.8) is 0 Å². The summed E-state index contributed by atoms with van der Waals surface area (Å²) in [4.78, 5) is 0. The minimum absolute atomic E-state index is 0.798. The Bertz CT molecular complexity index is 572. The molecule has 0 spiro atoms. The van der Waals surface area contributed by atoms with Crippen LogP contribution in [0.4, 0.5) is 0 Å². The summed E-state index contributed by atoms with van der Waals surface area (Å²) in [5.74, 6) is 0. The van der Waals surface area contributed by atoms with Gasteiger partial charge in [-0.15, -0.1) is 0 Å². The maximum atomic E-state index is 9.89. The van der Waals surface area contributed by atoms with Crippen molar-refractivity contribution in [3.8, 4) is 0 Å². The predicted octanol–water partition coefficient (Wildman–Crippen LogP) is 2.26. The van der Waals surface area contributed by atoms with Gasteiger partial charge >= 0.3 is 0 Å². The van der Waals surface area contributed by atoms with Crippen molar-refractivity contribution < 1.29 is 10.2 Å². The van der Waals surface area contributed by atoms with E-state index in [0.29, 0.717) is 0 Å². The van der Waals surface area contributed by atoms with Crippen molar-refractivity contribution in [1.29, 1.82) is 0 Å². The maximum Gasteiger partial charge on any atom is 0.109 e. The second kappa shape index (κ2) is 3.44. The Morgan fingerprint density at radius 2 is 1.62 bits per heavy atom. The lowest BCUT2D eigenvalue weighted by Gasteiger charge is -2.22. The van der Waals surface area contributed by atoms with E-state index >= 15 is 0 Å². The lowest BCUT2D eigenvalue weighted by Crippen LogP contribution is -2.19. The molecule has 2 N–H and O–H groups in total. The van der Waals surface area contributed by atoms with Gasteiger partial charge in [0.15, 0.2) is 0 Å². The van der Waals surface area contributed by atoms with Crippen molar-refractivity contribution in [2.75, 3.05) is 0 Å². The van der Waals surface area contributed by atoms with Crippen molar-refractivity contribution in [1.82, 2.24) is 0 Å². The van der Waals surface area contributed by atoms with Crippen LogP contribution >= 0.6 is 0 Å². The maximum absolute atomic E-state index is 9.89. The van der Waals surface area contributed by atoms with Gasteiger partial charge in [-0.25, -0.2) is 0 Å². The average molecular weight is 212 g/mol. The van der Waals surface area contributed by atoms with Crippen molar-refractivity contribution in [2.45, 2.75) is 12.2 Å². The van der Waals surface area contributed by atoms with E-state index in [1.165, 1.54) is 0 Å². The zero-order chi connectivity index (χ0) is 11.1. The molecule has 1 aliphatic carbocycles. The summed E-state index contributed by atoms with van der Waals surface area (Å²) >= 11 is 0. The van der Waals surface area contributed by atoms with Crippen molar-refractivity contribution >= 4 is 16.8 Å². The number of rotatable bonds is 0. The molecular weight excluding hydrogens is 200 g/mol. The Balaban J connectivity index is 2.29. The highest BCUT2D eigenvalue weighted by Gasteiger charge is 2.22. The van der Waals surface area contributed by atoms with Crippen LogP contribution in [0.15, 0.2) is 42.5 Å². The second-order valence-corrected chi connectivity index (χ2v) is 4.12. The average Bonchev–Trinajstić information content (AvgIpc) is 2.32. The Morgan fingerprint density at radius 1 is 0.938 bits per heavy atom. The largest absolute Gasteiger partial charge is 0.386 e. The van der Waals surface area contributed by atoms with Crippen LogP contribution in [0, 0.1) is 0 Å². The topological polar surface area (TPSA) is 40.5 Å². The molecule has 0 amide bonds. The Morgan fingerprint density at radius 3 is 2.38 bits per heavy atom. The molecule has 0 bridgehead atoms. The summed E-state index contributed by atoms with van der Waals surface area (Å²) in [7, 11) is 0. The van der Waals surface area contributed by atoms with E-state index in [0.717, 1.165) is 21.9 Å². The molecule has 2 nitrogen and oxygen atoms in total. The molecule has 2 aromatic rings. The van der Waals surface area contributed by atoms with Crippen molar-refractivity contribution in [3.05, 3.63) is 53.6 Å². The lowest BCUT2D eigenvalue weighted by molar-refractivity contribution is 0.0471. The van der Waals surface area contributed by atoms with E-state index in [4.69, 9.17) is 0 Å². The molecule has 16 heavy (non-hydrogen) atoms. The molecular formula is C14H12O2. The molecule has 2 heteroatoms. The first-order valence-electron chi connectivity index (χ1n) is 5.33. The molecule has 0 saturated carbocycles. The highest BCUT2D eigenvalue weighted by atomic mass is 16.3. The van der Waals surface area contributed by atoms with Crippen LogP contribution < -0.4 is 0 Å². The molecule has 0 aliphatic heterocycles. The fourth-order valence-electron chi connectivity index (χ4n) is 2.17. The monoisotopic (exact) mass is 212 g/mol. The Hall–Kier alpha value is -1.64. The van der Waals surface area contributed by atoms with E-state index in [1.54, 1.807) is 6.08 Å². The summed E-state index contributed by atoms with van der Waals surface area (Å²) in [6.45, 7) is 0. The number of aliphatic hydroxyl groups excluding tert-OH is 2. The van der Waals surface area contributed by atoms with E-state index in [9.17, 15) is 10.2 Å². The molecule has 80 valence electrons. The molecule has 0 radical (unpaired) electrons. The van der Waals surface area contributed by atoms with Gasteiger partial charge in [-0.05, 0) is 34.0 Å². The molecule has 0 unspecified atom stereocenters. The molecule has 3 rings (SSSR count). The van der Waals surface area contributed by atoms with Gasteiger partial charge in [0.1, 0.15) is 12.2 Å². The SMILES string of the molecule is O[C@@H]1C=Cc2cc3ccccc3cc2[C@@H]1O. The molecule has 0 aromatic heterocycles. The number of hydrogen-bond donors (Lipinski definition) is 2. The predicted molar refractivity (Wildman–Crippen MR) is 63.9 cm³/mol. The highest BCUT2D eigenvalue weighted by molar-refractivity contribution is 5.86. The summed E-state index contributed by atoms with van der Waals surface area (Å²) in [5, 5.41) is 21.7. The minimum Gasteiger partial charge on any atom is -0.386 e. The van der Waals surface area contributed by atoms with Crippen LogP contribution in [0.1, 0.15) is 17.2 Å². The van der Waals surface area contributed by atoms with E-state index in [1.807, 2.05) is 42.5 Å². The van der Waals surface area contributed by atoms with E-state index in [2.05, 4.69) is 0 Å². The fraction of sp³-hybridized carbons (Fsp3) is 0.143. The van der Waals surface area contributed by atoms with Gasteiger partial charge in [0.2, 0.25) is 0 Å². The Kier molecular flexibility index (Phi) is 2.06. The summed E-state index contributed by atoms with van der Waals surface area (Å²) in [6.07, 6.45) is 1.87. The zero-order valence-corrected chi connectivity index (χ0v) is 8.67. The number of benzene rings is 2. The van der Waals surface area contributed by atoms with Crippen LogP contribution in [-0.2, 0) is 0 Å². The van der Waals surface area contributed by atoms with Crippen LogP contribution in [0.2, 0.25) is 0 Å². The van der Waals surface area contributed by atoms with Crippen LogP contribution in [0.3, 0.4) is 0 Å². The summed E-state index contributed by atoms with van der Waals surface area (Å²) < 4.78 is 0. The third-order valence-corrected chi connectivity index (χ3v) is 3.07. The third-order valence-electron chi connectivity index (χ3n) is 3.07. The lowest BCUT2D eigenvalue weighted by atomic mass is 9.90. The molecule has 2 atom stereocenters. The van der Waals surface area contributed by atoms with Gasteiger partial charge in [0, 0.05) is 0 Å². The van der Waals surface area contributed by atoms with Crippen LogP contribution in [0.5, 0.6) is 0 Å². The molecule has 0 fully saturated rings. The van der Waals surface area contributed by atoms with Crippen LogP contribution in [-0.4, -0.2) is 16.3 Å². The zero-order valence-electron chi connectivity index (χ0n) is 8.67.